The zero-order valence-electron chi connectivity index (χ0n) is 14.8. The molecule has 1 heterocycles. The third-order valence-electron chi connectivity index (χ3n) is 3.72. The molecule has 3 rings (SSSR count). The number of anilines is 3. The molecule has 0 unspecified atom stereocenters. The molecule has 0 saturated heterocycles. The highest BCUT2D eigenvalue weighted by atomic mass is 16.5. The highest BCUT2D eigenvalue weighted by Gasteiger charge is 2.11. The highest BCUT2D eigenvalue weighted by molar-refractivity contribution is 6.05. The molecule has 134 valence electrons. The van der Waals surface area contributed by atoms with Crippen molar-refractivity contribution in [3.63, 3.8) is 0 Å². The molecule has 6 nitrogen and oxygen atoms in total. The van der Waals surface area contributed by atoms with Crippen molar-refractivity contribution in [2.75, 3.05) is 17.2 Å². The fourth-order valence-electron chi connectivity index (χ4n) is 2.50. The second-order valence-electron chi connectivity index (χ2n) is 5.63. The van der Waals surface area contributed by atoms with Crippen LogP contribution in [0.2, 0.25) is 0 Å². The fourth-order valence-corrected chi connectivity index (χ4v) is 2.50. The maximum atomic E-state index is 12.6. The number of benzene rings is 2. The van der Waals surface area contributed by atoms with E-state index in [1.165, 1.54) is 0 Å². The van der Waals surface area contributed by atoms with Crippen LogP contribution in [0.3, 0.4) is 0 Å². The van der Waals surface area contributed by atoms with Crippen LogP contribution in [0, 0.1) is 11.3 Å². The summed E-state index contributed by atoms with van der Waals surface area (Å²) in [6, 6.07) is 19.7. The summed E-state index contributed by atoms with van der Waals surface area (Å²) >= 11 is 0. The number of nitriles is 1. The molecule has 2 N–H and O–H groups in total. The second-order valence-corrected chi connectivity index (χ2v) is 5.63. The number of para-hydroxylation sites is 2. The standard InChI is InChI=1S/C21H18N4O2/c1-2-27-19-9-4-3-8-18(19)25-21(26)16-10-11-23-20(13-16)24-17-7-5-6-15(12-17)14-22/h3-13H,2H2,1H3,(H,23,24)(H,25,26). The zero-order valence-corrected chi connectivity index (χ0v) is 14.8. The summed E-state index contributed by atoms with van der Waals surface area (Å²) in [5, 5.41) is 15.0. The lowest BCUT2D eigenvalue weighted by atomic mass is 10.2. The monoisotopic (exact) mass is 358 g/mol. The minimum Gasteiger partial charge on any atom is -0.492 e. The third kappa shape index (κ3) is 4.61. The summed E-state index contributed by atoms with van der Waals surface area (Å²) in [6.45, 7) is 2.40. The van der Waals surface area contributed by atoms with E-state index in [-0.39, 0.29) is 5.91 Å². The van der Waals surface area contributed by atoms with Gasteiger partial charge in [0.15, 0.2) is 0 Å². The molecule has 0 radical (unpaired) electrons. The summed E-state index contributed by atoms with van der Waals surface area (Å²) in [5.74, 6) is 0.864. The van der Waals surface area contributed by atoms with Gasteiger partial charge in [-0.15, -0.1) is 0 Å². The van der Waals surface area contributed by atoms with Crippen LogP contribution in [0.4, 0.5) is 17.2 Å². The van der Waals surface area contributed by atoms with Crippen LogP contribution in [-0.4, -0.2) is 17.5 Å². The van der Waals surface area contributed by atoms with E-state index < -0.39 is 0 Å². The lowest BCUT2D eigenvalue weighted by molar-refractivity contribution is 0.102. The first-order chi connectivity index (χ1) is 13.2. The zero-order chi connectivity index (χ0) is 19.1. The Hall–Kier alpha value is -3.85. The van der Waals surface area contributed by atoms with Crippen molar-refractivity contribution < 1.29 is 9.53 Å². The van der Waals surface area contributed by atoms with Gasteiger partial charge in [0.2, 0.25) is 0 Å². The van der Waals surface area contributed by atoms with Crippen molar-refractivity contribution >= 4 is 23.1 Å². The van der Waals surface area contributed by atoms with Crippen molar-refractivity contribution in [3.8, 4) is 11.8 Å². The molecule has 0 aliphatic heterocycles. The first-order valence-electron chi connectivity index (χ1n) is 8.46. The normalized spacial score (nSPS) is 9.93. The highest BCUT2D eigenvalue weighted by Crippen LogP contribution is 2.24. The predicted molar refractivity (Wildman–Crippen MR) is 104 cm³/mol. The molecule has 0 fully saturated rings. The van der Waals surface area contributed by atoms with Crippen molar-refractivity contribution in [1.82, 2.24) is 4.98 Å². The van der Waals surface area contributed by atoms with Gasteiger partial charge in [0.05, 0.1) is 23.9 Å². The van der Waals surface area contributed by atoms with Gasteiger partial charge < -0.3 is 15.4 Å². The van der Waals surface area contributed by atoms with Gasteiger partial charge in [0, 0.05) is 17.4 Å². The molecule has 6 heteroatoms. The Kier molecular flexibility index (Phi) is 5.65. The third-order valence-corrected chi connectivity index (χ3v) is 3.72. The molecular formula is C21H18N4O2. The Morgan fingerprint density at radius 2 is 2.00 bits per heavy atom. The van der Waals surface area contributed by atoms with Crippen LogP contribution in [0.25, 0.3) is 0 Å². The molecule has 0 aliphatic carbocycles. The molecule has 0 bridgehead atoms. The Bertz CT molecular complexity index is 995. The van der Waals surface area contributed by atoms with E-state index in [9.17, 15) is 4.79 Å². The molecule has 3 aromatic rings. The van der Waals surface area contributed by atoms with E-state index >= 15 is 0 Å². The topological polar surface area (TPSA) is 87.0 Å². The number of carbonyl (C=O) groups is 1. The van der Waals surface area contributed by atoms with Gasteiger partial charge in [-0.25, -0.2) is 4.98 Å². The summed E-state index contributed by atoms with van der Waals surface area (Å²) < 4.78 is 5.53. The quantitative estimate of drug-likeness (QED) is 0.684. The Balaban J connectivity index is 1.77. The summed E-state index contributed by atoms with van der Waals surface area (Å²) in [7, 11) is 0. The van der Waals surface area contributed by atoms with Crippen LogP contribution in [-0.2, 0) is 0 Å². The van der Waals surface area contributed by atoms with E-state index in [4.69, 9.17) is 10.00 Å². The Morgan fingerprint density at radius 3 is 2.81 bits per heavy atom. The van der Waals surface area contributed by atoms with Crippen LogP contribution < -0.4 is 15.4 Å². The van der Waals surface area contributed by atoms with Crippen molar-refractivity contribution in [3.05, 3.63) is 78.0 Å². The van der Waals surface area contributed by atoms with Crippen LogP contribution in [0.15, 0.2) is 66.9 Å². The Morgan fingerprint density at radius 1 is 1.15 bits per heavy atom. The maximum absolute atomic E-state index is 12.6. The lowest BCUT2D eigenvalue weighted by Crippen LogP contribution is -2.13. The molecule has 1 amide bonds. The molecule has 0 saturated carbocycles. The van der Waals surface area contributed by atoms with E-state index in [1.807, 2.05) is 25.1 Å². The Labute approximate surface area is 157 Å². The fraction of sp³-hybridized carbons (Fsp3) is 0.0952. The van der Waals surface area contributed by atoms with Gasteiger partial charge >= 0.3 is 0 Å². The van der Waals surface area contributed by atoms with Crippen LogP contribution in [0.1, 0.15) is 22.8 Å². The number of amides is 1. The summed E-state index contributed by atoms with van der Waals surface area (Å²) in [5.41, 5.74) is 2.33. The van der Waals surface area contributed by atoms with Gasteiger partial charge in [-0.05, 0) is 49.4 Å². The van der Waals surface area contributed by atoms with E-state index in [0.717, 1.165) is 5.69 Å². The van der Waals surface area contributed by atoms with E-state index in [0.29, 0.717) is 35.0 Å². The average molecular weight is 358 g/mol. The number of rotatable bonds is 6. The van der Waals surface area contributed by atoms with Gasteiger partial charge in [0.25, 0.3) is 5.91 Å². The van der Waals surface area contributed by atoms with Gasteiger partial charge in [0.1, 0.15) is 11.6 Å². The summed E-state index contributed by atoms with van der Waals surface area (Å²) in [6.07, 6.45) is 1.56. The van der Waals surface area contributed by atoms with Crippen molar-refractivity contribution in [2.24, 2.45) is 0 Å². The first-order valence-corrected chi connectivity index (χ1v) is 8.46. The van der Waals surface area contributed by atoms with Gasteiger partial charge in [-0.1, -0.05) is 18.2 Å². The first kappa shape index (κ1) is 18.0. The molecular weight excluding hydrogens is 340 g/mol. The number of nitrogens with zero attached hydrogens (tertiary/aromatic N) is 2. The van der Waals surface area contributed by atoms with Crippen LogP contribution >= 0.6 is 0 Å². The number of carbonyl (C=O) groups excluding carboxylic acids is 1. The summed E-state index contributed by atoms with van der Waals surface area (Å²) in [4.78, 5) is 16.8. The molecule has 27 heavy (non-hydrogen) atoms. The van der Waals surface area contributed by atoms with Crippen molar-refractivity contribution in [1.29, 1.82) is 5.26 Å². The average Bonchev–Trinajstić information content (AvgIpc) is 2.70. The number of nitrogens with one attached hydrogen (secondary N) is 2. The van der Waals surface area contributed by atoms with E-state index in [2.05, 4.69) is 21.7 Å². The lowest BCUT2D eigenvalue weighted by Gasteiger charge is -2.12. The largest absolute Gasteiger partial charge is 0.492 e. The number of aromatic nitrogens is 1. The molecule has 2 aromatic carbocycles. The predicted octanol–water partition coefficient (Wildman–Crippen LogP) is 4.35. The second kappa shape index (κ2) is 8.50. The minimum absolute atomic E-state index is 0.265. The number of pyridine rings is 1. The number of hydrogen-bond acceptors (Lipinski definition) is 5. The van der Waals surface area contributed by atoms with Gasteiger partial charge in [-0.2, -0.15) is 5.26 Å². The molecule has 1 aromatic heterocycles. The number of hydrogen-bond donors (Lipinski definition) is 2. The van der Waals surface area contributed by atoms with E-state index in [1.54, 1.807) is 48.7 Å². The molecule has 0 spiro atoms. The number of ether oxygens (including phenoxy) is 1. The molecule has 0 aliphatic rings. The van der Waals surface area contributed by atoms with Crippen LogP contribution in [0.5, 0.6) is 5.75 Å². The minimum atomic E-state index is -0.265. The van der Waals surface area contributed by atoms with Gasteiger partial charge in [-0.3, -0.25) is 4.79 Å². The molecule has 0 atom stereocenters. The maximum Gasteiger partial charge on any atom is 0.255 e. The smallest absolute Gasteiger partial charge is 0.255 e. The van der Waals surface area contributed by atoms with Crippen molar-refractivity contribution in [2.45, 2.75) is 6.92 Å². The SMILES string of the molecule is CCOc1ccccc1NC(=O)c1ccnc(Nc2cccc(C#N)c2)c1.